The first kappa shape index (κ1) is 13.1. The molecule has 2 aliphatic rings. The largest absolute Gasteiger partial charge is 0.453 e. The molecule has 1 N–H and O–H groups in total. The van der Waals surface area contributed by atoms with Crippen molar-refractivity contribution in [2.24, 2.45) is 5.92 Å². The van der Waals surface area contributed by atoms with Gasteiger partial charge in [-0.2, -0.15) is 0 Å². The fourth-order valence-corrected chi connectivity index (χ4v) is 3.38. The highest BCUT2D eigenvalue weighted by atomic mass is 35.5. The van der Waals surface area contributed by atoms with Crippen LogP contribution in [0.5, 0.6) is 11.5 Å². The maximum Gasteiger partial charge on any atom is 0.231 e. The van der Waals surface area contributed by atoms with Crippen LogP contribution in [0.2, 0.25) is 5.02 Å². The van der Waals surface area contributed by atoms with Gasteiger partial charge in [0.2, 0.25) is 6.79 Å². The van der Waals surface area contributed by atoms with Gasteiger partial charge in [0.05, 0.1) is 5.02 Å². The highest BCUT2D eigenvalue weighted by Gasteiger charge is 2.25. The van der Waals surface area contributed by atoms with E-state index in [1.165, 1.54) is 24.0 Å². The third-order valence-electron chi connectivity index (χ3n) is 4.05. The number of piperidine rings is 1. The predicted octanol–water partition coefficient (Wildman–Crippen LogP) is 3.17. The molecule has 2 aliphatic heterocycles. The third-order valence-corrected chi connectivity index (χ3v) is 4.33. The summed E-state index contributed by atoms with van der Waals surface area (Å²) in [6.07, 6.45) is 4.59. The van der Waals surface area contributed by atoms with Gasteiger partial charge >= 0.3 is 0 Å². The second-order valence-corrected chi connectivity index (χ2v) is 5.74. The Bertz CT molecular complexity index is 470. The minimum atomic E-state index is 0.288. The van der Waals surface area contributed by atoms with Gasteiger partial charge in [0, 0.05) is 5.56 Å². The van der Waals surface area contributed by atoms with Crippen LogP contribution in [0, 0.1) is 5.92 Å². The van der Waals surface area contributed by atoms with Gasteiger partial charge in [-0.25, -0.2) is 0 Å². The first-order valence-electron chi connectivity index (χ1n) is 7.10. The summed E-state index contributed by atoms with van der Waals surface area (Å²) in [5.74, 6) is 2.30. The molecule has 0 aromatic heterocycles. The van der Waals surface area contributed by atoms with Crippen LogP contribution < -0.4 is 14.8 Å². The third kappa shape index (κ3) is 2.54. The van der Waals surface area contributed by atoms with E-state index in [9.17, 15) is 0 Å². The van der Waals surface area contributed by atoms with E-state index in [4.69, 9.17) is 21.1 Å². The van der Waals surface area contributed by atoms with E-state index in [0.29, 0.717) is 10.9 Å². The lowest BCUT2D eigenvalue weighted by Crippen LogP contribution is -2.31. The zero-order valence-electron chi connectivity index (χ0n) is 11.3. The van der Waals surface area contributed by atoms with Crippen LogP contribution in [0.1, 0.15) is 30.9 Å². The summed E-state index contributed by atoms with van der Waals surface area (Å²) in [4.78, 5) is 0. The number of ether oxygens (including phenoxy) is 2. The SMILES string of the molecule is CCc1c(CC2CCCNC2)cc(Cl)c2c1OCO2. The summed E-state index contributed by atoms with van der Waals surface area (Å²) in [5.41, 5.74) is 2.59. The molecule has 0 radical (unpaired) electrons. The van der Waals surface area contributed by atoms with Crippen molar-refractivity contribution in [3.63, 3.8) is 0 Å². The van der Waals surface area contributed by atoms with Gasteiger partial charge in [0.1, 0.15) is 0 Å². The molecule has 1 unspecified atom stereocenters. The molecule has 4 heteroatoms. The fraction of sp³-hybridized carbons (Fsp3) is 0.600. The Hall–Kier alpha value is -0.930. The molecule has 0 spiro atoms. The predicted molar refractivity (Wildman–Crippen MR) is 76.3 cm³/mol. The van der Waals surface area contributed by atoms with E-state index in [2.05, 4.69) is 18.3 Å². The van der Waals surface area contributed by atoms with Crippen LogP contribution in [-0.4, -0.2) is 19.9 Å². The van der Waals surface area contributed by atoms with E-state index in [0.717, 1.165) is 37.4 Å². The minimum absolute atomic E-state index is 0.288. The number of hydrogen-bond acceptors (Lipinski definition) is 3. The average molecular weight is 282 g/mol. The second kappa shape index (κ2) is 5.59. The molecule has 1 aromatic rings. The molecular formula is C15H20ClNO2. The highest BCUT2D eigenvalue weighted by molar-refractivity contribution is 6.32. The smallest absolute Gasteiger partial charge is 0.231 e. The van der Waals surface area contributed by atoms with E-state index in [-0.39, 0.29) is 6.79 Å². The Morgan fingerprint density at radius 3 is 2.95 bits per heavy atom. The lowest BCUT2D eigenvalue weighted by molar-refractivity contribution is 0.173. The number of rotatable bonds is 3. The van der Waals surface area contributed by atoms with Crippen LogP contribution in [-0.2, 0) is 12.8 Å². The Morgan fingerprint density at radius 2 is 2.21 bits per heavy atom. The van der Waals surface area contributed by atoms with Crippen molar-refractivity contribution < 1.29 is 9.47 Å². The maximum absolute atomic E-state index is 6.30. The Morgan fingerprint density at radius 1 is 1.37 bits per heavy atom. The molecule has 3 nitrogen and oxygen atoms in total. The molecule has 0 bridgehead atoms. The van der Waals surface area contributed by atoms with Crippen LogP contribution in [0.3, 0.4) is 0 Å². The average Bonchev–Trinajstić information content (AvgIpc) is 2.90. The summed E-state index contributed by atoms with van der Waals surface area (Å²) in [7, 11) is 0. The van der Waals surface area contributed by atoms with Crippen molar-refractivity contribution in [1.82, 2.24) is 5.32 Å². The molecule has 1 fully saturated rings. The van der Waals surface area contributed by atoms with Crippen LogP contribution in [0.25, 0.3) is 0 Å². The molecule has 1 aromatic carbocycles. The van der Waals surface area contributed by atoms with Crippen molar-refractivity contribution in [3.8, 4) is 11.5 Å². The first-order chi connectivity index (χ1) is 9.29. The van der Waals surface area contributed by atoms with E-state index < -0.39 is 0 Å². The molecule has 1 saturated heterocycles. The number of hydrogen-bond donors (Lipinski definition) is 1. The highest BCUT2D eigenvalue weighted by Crippen LogP contribution is 2.44. The van der Waals surface area contributed by atoms with Gasteiger partial charge in [-0.05, 0) is 56.3 Å². The van der Waals surface area contributed by atoms with Crippen molar-refractivity contribution in [3.05, 3.63) is 22.2 Å². The van der Waals surface area contributed by atoms with Gasteiger partial charge in [0.25, 0.3) is 0 Å². The van der Waals surface area contributed by atoms with E-state index in [1.807, 2.05) is 0 Å². The number of benzene rings is 1. The molecular weight excluding hydrogens is 262 g/mol. The lowest BCUT2D eigenvalue weighted by Gasteiger charge is -2.24. The van der Waals surface area contributed by atoms with Crippen LogP contribution >= 0.6 is 11.6 Å². The zero-order chi connectivity index (χ0) is 13.2. The maximum atomic E-state index is 6.30. The topological polar surface area (TPSA) is 30.5 Å². The second-order valence-electron chi connectivity index (χ2n) is 5.33. The molecule has 19 heavy (non-hydrogen) atoms. The van der Waals surface area contributed by atoms with Crippen LogP contribution in [0.4, 0.5) is 0 Å². The van der Waals surface area contributed by atoms with E-state index in [1.54, 1.807) is 0 Å². The molecule has 1 atom stereocenters. The summed E-state index contributed by atoms with van der Waals surface area (Å²) < 4.78 is 11.1. The summed E-state index contributed by atoms with van der Waals surface area (Å²) in [6.45, 7) is 4.71. The molecule has 2 heterocycles. The normalized spacial score (nSPS) is 21.7. The molecule has 3 rings (SSSR count). The Balaban J connectivity index is 1.89. The Labute approximate surface area is 119 Å². The van der Waals surface area contributed by atoms with E-state index >= 15 is 0 Å². The standard InChI is InChI=1S/C15H20ClNO2/c1-2-12-11(6-10-4-3-5-17-8-10)7-13(16)15-14(12)18-9-19-15/h7,10,17H,2-6,8-9H2,1H3. The molecule has 104 valence electrons. The van der Waals surface area contributed by atoms with Crippen molar-refractivity contribution in [2.75, 3.05) is 19.9 Å². The van der Waals surface area contributed by atoms with Crippen molar-refractivity contribution in [1.29, 1.82) is 0 Å². The van der Waals surface area contributed by atoms with Crippen molar-refractivity contribution >= 4 is 11.6 Å². The number of nitrogens with one attached hydrogen (secondary N) is 1. The van der Waals surface area contributed by atoms with Crippen LogP contribution in [0.15, 0.2) is 6.07 Å². The number of halogens is 1. The summed E-state index contributed by atoms with van der Waals surface area (Å²) in [6, 6.07) is 2.07. The quantitative estimate of drug-likeness (QED) is 0.923. The lowest BCUT2D eigenvalue weighted by atomic mass is 9.89. The fourth-order valence-electron chi connectivity index (χ4n) is 3.11. The monoisotopic (exact) mass is 281 g/mol. The number of fused-ring (bicyclic) bond motifs is 1. The molecule has 0 aliphatic carbocycles. The summed E-state index contributed by atoms with van der Waals surface area (Å²) >= 11 is 6.30. The van der Waals surface area contributed by atoms with Gasteiger partial charge in [-0.3, -0.25) is 0 Å². The Kier molecular flexibility index (Phi) is 3.85. The zero-order valence-corrected chi connectivity index (χ0v) is 12.1. The molecule has 0 amide bonds. The summed E-state index contributed by atoms with van der Waals surface area (Å²) in [5, 5.41) is 4.15. The molecule has 0 saturated carbocycles. The minimum Gasteiger partial charge on any atom is -0.453 e. The van der Waals surface area contributed by atoms with Crippen molar-refractivity contribution in [2.45, 2.75) is 32.6 Å². The van der Waals surface area contributed by atoms with Gasteiger partial charge in [-0.1, -0.05) is 18.5 Å². The van der Waals surface area contributed by atoms with Gasteiger partial charge in [-0.15, -0.1) is 0 Å². The first-order valence-corrected chi connectivity index (χ1v) is 7.48. The van der Waals surface area contributed by atoms with Gasteiger partial charge < -0.3 is 14.8 Å². The van der Waals surface area contributed by atoms with Gasteiger partial charge in [0.15, 0.2) is 11.5 Å².